The van der Waals surface area contributed by atoms with Crippen LogP contribution < -0.4 is 20.1 Å². The lowest BCUT2D eigenvalue weighted by Crippen LogP contribution is -2.18. The van der Waals surface area contributed by atoms with Gasteiger partial charge in [0, 0.05) is 11.4 Å². The number of halogens is 1. The maximum atomic E-state index is 12.4. The molecule has 3 N–H and O–H groups in total. The Hall–Kier alpha value is -3.04. The Morgan fingerprint density at radius 3 is 2.29 bits per heavy atom. The van der Waals surface area contributed by atoms with E-state index in [0.717, 1.165) is 39.4 Å². The van der Waals surface area contributed by atoms with Gasteiger partial charge in [0.25, 0.3) is 0 Å². The highest BCUT2D eigenvalue weighted by Gasteiger charge is 2.36. The molecule has 0 radical (unpaired) electrons. The molecule has 1 fully saturated rings. The van der Waals surface area contributed by atoms with E-state index in [1.807, 2.05) is 52.8 Å². The second kappa shape index (κ2) is 9.91. The molecule has 35 heavy (non-hydrogen) atoms. The van der Waals surface area contributed by atoms with Crippen LogP contribution in [0.4, 0.5) is 28.8 Å². The summed E-state index contributed by atoms with van der Waals surface area (Å²) < 4.78 is 33.1. The summed E-state index contributed by atoms with van der Waals surface area (Å²) in [4.78, 5) is 8.87. The Bertz CT molecular complexity index is 1350. The number of ether oxygens (including phenoxy) is 1. The first-order chi connectivity index (χ1) is 16.6. The van der Waals surface area contributed by atoms with Gasteiger partial charge in [0.1, 0.15) is 10.8 Å². The maximum absolute atomic E-state index is 12.4. The smallest absolute Gasteiger partial charge is 0.235 e. The predicted molar refractivity (Wildman–Crippen MR) is 142 cm³/mol. The number of benzene rings is 2. The van der Waals surface area contributed by atoms with Gasteiger partial charge in [-0.05, 0) is 94.0 Å². The number of nitrogens with zero attached hydrogens (tertiary/aromatic N) is 2. The van der Waals surface area contributed by atoms with Crippen molar-refractivity contribution in [3.05, 3.63) is 57.7 Å². The lowest BCUT2D eigenvalue weighted by atomic mass is 10.1. The number of aryl methyl sites for hydroxylation is 2. The molecule has 10 heteroatoms. The van der Waals surface area contributed by atoms with Crippen LogP contribution in [0.25, 0.3) is 0 Å². The monoisotopic (exact) mass is 515 g/mol. The van der Waals surface area contributed by atoms with Gasteiger partial charge >= 0.3 is 0 Å². The van der Waals surface area contributed by atoms with Crippen LogP contribution in [-0.2, 0) is 10.0 Å². The van der Waals surface area contributed by atoms with E-state index < -0.39 is 10.0 Å². The highest BCUT2D eigenvalue weighted by molar-refractivity contribution is 7.93. The maximum Gasteiger partial charge on any atom is 0.235 e. The number of aromatic nitrogens is 2. The van der Waals surface area contributed by atoms with Gasteiger partial charge in [-0.15, -0.1) is 0 Å². The van der Waals surface area contributed by atoms with Crippen LogP contribution in [0.1, 0.15) is 42.0 Å². The Labute approximate surface area is 211 Å². The molecule has 1 aromatic heterocycles. The first-order valence-electron chi connectivity index (χ1n) is 11.5. The van der Waals surface area contributed by atoms with Gasteiger partial charge in [0.05, 0.1) is 23.7 Å². The van der Waals surface area contributed by atoms with Crippen molar-refractivity contribution in [3.63, 3.8) is 0 Å². The Kier molecular flexibility index (Phi) is 7.10. The van der Waals surface area contributed by atoms with Gasteiger partial charge in [-0.25, -0.2) is 13.4 Å². The second-order valence-corrected chi connectivity index (χ2v) is 11.1. The van der Waals surface area contributed by atoms with Crippen LogP contribution in [-0.4, -0.2) is 30.2 Å². The topological polar surface area (TPSA) is 105 Å². The van der Waals surface area contributed by atoms with Crippen LogP contribution >= 0.6 is 11.6 Å². The van der Waals surface area contributed by atoms with Gasteiger partial charge in [-0.3, -0.25) is 4.72 Å². The van der Waals surface area contributed by atoms with E-state index in [1.165, 1.54) is 6.20 Å². The predicted octanol–water partition coefficient (Wildman–Crippen LogP) is 6.15. The summed E-state index contributed by atoms with van der Waals surface area (Å²) in [5.74, 6) is 1.71. The zero-order chi connectivity index (χ0) is 25.3. The van der Waals surface area contributed by atoms with Crippen molar-refractivity contribution in [2.24, 2.45) is 0 Å². The fraction of sp³-hybridized carbons (Fsp3) is 0.360. The van der Waals surface area contributed by atoms with Gasteiger partial charge in [0.15, 0.2) is 5.82 Å². The van der Waals surface area contributed by atoms with Crippen LogP contribution in [0.5, 0.6) is 5.75 Å². The fourth-order valence-corrected chi connectivity index (χ4v) is 5.44. The molecule has 2 aromatic carbocycles. The number of anilines is 5. The van der Waals surface area contributed by atoms with Gasteiger partial charge in [-0.2, -0.15) is 4.98 Å². The quantitative estimate of drug-likeness (QED) is 0.313. The molecule has 0 aliphatic heterocycles. The zero-order valence-electron chi connectivity index (χ0n) is 20.5. The van der Waals surface area contributed by atoms with Crippen LogP contribution in [0.3, 0.4) is 0 Å². The molecule has 1 heterocycles. The number of hydrogen-bond donors (Lipinski definition) is 3. The van der Waals surface area contributed by atoms with Crippen LogP contribution in [0.2, 0.25) is 5.02 Å². The minimum atomic E-state index is -3.33. The van der Waals surface area contributed by atoms with Gasteiger partial charge in [0.2, 0.25) is 16.0 Å². The molecule has 186 valence electrons. The third-order valence-electron chi connectivity index (χ3n) is 6.00. The first-order valence-corrected chi connectivity index (χ1v) is 13.4. The van der Waals surface area contributed by atoms with E-state index in [2.05, 4.69) is 25.3 Å². The van der Waals surface area contributed by atoms with E-state index in [4.69, 9.17) is 16.3 Å². The highest BCUT2D eigenvalue weighted by Crippen LogP contribution is 2.34. The first kappa shape index (κ1) is 25.1. The SMILES string of the molecule is CCOc1c(C)cc(Nc2ncc(Cl)c(Nc3ccc(NS(=O)(=O)C4CC4)c(C)c3C)n2)cc1C. The largest absolute Gasteiger partial charge is 0.493 e. The van der Waals surface area contributed by atoms with Gasteiger partial charge < -0.3 is 15.4 Å². The Balaban J connectivity index is 1.55. The van der Waals surface area contributed by atoms with E-state index in [0.29, 0.717) is 41.9 Å². The van der Waals surface area contributed by atoms with E-state index >= 15 is 0 Å². The fourth-order valence-electron chi connectivity index (χ4n) is 3.85. The summed E-state index contributed by atoms with van der Waals surface area (Å²) in [6.45, 7) is 10.4. The molecule has 0 saturated heterocycles. The van der Waals surface area contributed by atoms with E-state index in [-0.39, 0.29) is 5.25 Å². The van der Waals surface area contributed by atoms with Gasteiger partial charge in [-0.1, -0.05) is 11.6 Å². The van der Waals surface area contributed by atoms with Crippen molar-refractivity contribution in [2.75, 3.05) is 22.0 Å². The third-order valence-corrected chi connectivity index (χ3v) is 8.14. The highest BCUT2D eigenvalue weighted by atomic mass is 35.5. The molecule has 0 unspecified atom stereocenters. The number of nitrogens with one attached hydrogen (secondary N) is 3. The molecular weight excluding hydrogens is 486 g/mol. The molecule has 8 nitrogen and oxygen atoms in total. The molecule has 0 bridgehead atoms. The normalized spacial score (nSPS) is 13.4. The number of sulfonamides is 1. The van der Waals surface area contributed by atoms with Crippen molar-refractivity contribution in [3.8, 4) is 5.75 Å². The summed E-state index contributed by atoms with van der Waals surface area (Å²) in [5, 5.41) is 6.58. The molecule has 3 aromatic rings. The van der Waals surface area contributed by atoms with E-state index in [1.54, 1.807) is 6.07 Å². The average Bonchev–Trinajstić information content (AvgIpc) is 3.64. The molecule has 1 aliphatic rings. The lowest BCUT2D eigenvalue weighted by molar-refractivity contribution is 0.335. The zero-order valence-corrected chi connectivity index (χ0v) is 22.1. The molecule has 0 amide bonds. The Morgan fingerprint density at radius 2 is 1.66 bits per heavy atom. The molecule has 1 saturated carbocycles. The standard InChI is InChI=1S/C25H30ClN5O3S/c1-6-34-23-14(2)11-18(12-15(23)3)28-25-27-13-20(26)24(30-25)29-21-9-10-22(17(5)16(21)4)31-35(32,33)19-7-8-19/h9-13,19,31H,6-8H2,1-5H3,(H2,27,28,29,30). The van der Waals surface area contributed by atoms with Crippen molar-refractivity contribution >= 4 is 50.5 Å². The lowest BCUT2D eigenvalue weighted by Gasteiger charge is -2.17. The van der Waals surface area contributed by atoms with Crippen LogP contribution in [0, 0.1) is 27.7 Å². The number of hydrogen-bond acceptors (Lipinski definition) is 7. The molecule has 0 spiro atoms. The molecule has 0 atom stereocenters. The molecule has 1 aliphatic carbocycles. The summed E-state index contributed by atoms with van der Waals surface area (Å²) in [6.07, 6.45) is 2.96. The van der Waals surface area contributed by atoms with Crippen LogP contribution in [0.15, 0.2) is 30.5 Å². The molecular formula is C25H30ClN5O3S. The summed E-state index contributed by atoms with van der Waals surface area (Å²) in [5.41, 5.74) is 5.96. The third kappa shape index (κ3) is 5.62. The molecule has 4 rings (SSSR count). The Morgan fingerprint density at radius 1 is 1.03 bits per heavy atom. The second-order valence-electron chi connectivity index (χ2n) is 8.77. The van der Waals surface area contributed by atoms with Crippen molar-refractivity contribution in [1.29, 1.82) is 0 Å². The average molecular weight is 516 g/mol. The van der Waals surface area contributed by atoms with Crippen molar-refractivity contribution in [2.45, 2.75) is 52.7 Å². The summed E-state index contributed by atoms with van der Waals surface area (Å²) in [7, 11) is -3.33. The summed E-state index contributed by atoms with van der Waals surface area (Å²) >= 11 is 6.38. The minimum absolute atomic E-state index is 0.284. The number of rotatable bonds is 9. The summed E-state index contributed by atoms with van der Waals surface area (Å²) in [6, 6.07) is 7.54. The minimum Gasteiger partial charge on any atom is -0.493 e. The van der Waals surface area contributed by atoms with E-state index in [9.17, 15) is 8.42 Å². The van der Waals surface area contributed by atoms with Crippen molar-refractivity contribution < 1.29 is 13.2 Å². The van der Waals surface area contributed by atoms with Crippen molar-refractivity contribution in [1.82, 2.24) is 9.97 Å².